The van der Waals surface area contributed by atoms with Gasteiger partial charge in [-0.05, 0) is 151 Å². The predicted molar refractivity (Wildman–Crippen MR) is 525 cm³/mol. The van der Waals surface area contributed by atoms with E-state index in [1.165, 1.54) is 32.1 Å². The Hall–Kier alpha value is -13.9. The van der Waals surface area contributed by atoms with Gasteiger partial charge in [-0.15, -0.1) is 15.3 Å². The molecule has 44 nitrogen and oxygen atoms in total. The number of aromatic nitrogens is 17. The minimum atomic E-state index is -0.272. The van der Waals surface area contributed by atoms with E-state index in [9.17, 15) is 33.6 Å². The third-order valence-corrected chi connectivity index (χ3v) is 29.1. The first-order valence-electron chi connectivity index (χ1n) is 48.0. The third-order valence-electron chi connectivity index (χ3n) is 29.1. The lowest BCUT2D eigenvalue weighted by Gasteiger charge is -2.35. The zero-order valence-corrected chi connectivity index (χ0v) is 80.5. The van der Waals surface area contributed by atoms with Crippen molar-refractivity contribution in [3.63, 3.8) is 0 Å². The number of fused-ring (bicyclic) bond motifs is 6. The molecule has 0 bridgehead atoms. The molecule has 0 aromatic carbocycles. The van der Waals surface area contributed by atoms with Gasteiger partial charge in [0.25, 0.3) is 40.3 Å². The second kappa shape index (κ2) is 41.9. The summed E-state index contributed by atoms with van der Waals surface area (Å²) in [7, 11) is 18.9. The molecule has 13 atom stereocenters. The number of carbonyl (C=O) groups is 4. The Morgan fingerprint density at radius 3 is 1.15 bits per heavy atom. The Morgan fingerprint density at radius 2 is 0.759 bits per heavy atom. The Labute approximate surface area is 809 Å². The van der Waals surface area contributed by atoms with Crippen LogP contribution in [-0.2, 0) is 42.6 Å². The smallest absolute Gasteiger partial charge is 0.274 e. The second-order valence-electron chi connectivity index (χ2n) is 36.8. The molecule has 2 aliphatic heterocycles. The Morgan fingerprint density at radius 1 is 0.369 bits per heavy atom. The molecule has 0 spiro atoms. The van der Waals surface area contributed by atoms with E-state index >= 15 is 0 Å². The van der Waals surface area contributed by atoms with Gasteiger partial charge in [-0.3, -0.25) is 33.6 Å². The molecule has 44 heteroatoms. The quantitative estimate of drug-likeness (QED) is 0.0200. The van der Waals surface area contributed by atoms with Gasteiger partial charge in [0, 0.05) is 175 Å². The average molecular weight is 1930 g/mol. The van der Waals surface area contributed by atoms with Gasteiger partial charge in [0.1, 0.15) is 28.8 Å². The Kier molecular flexibility index (Phi) is 28.5. The number of nitrogens with zero attached hydrogens (tertiary/aromatic N) is 17. The minimum Gasteiger partial charge on any atom is -0.385 e. The highest BCUT2D eigenvalue weighted by atomic mass is 16.5. The number of rotatable bonds is 30. The Bertz CT molecular complexity index is 6940. The fourth-order valence-electron chi connectivity index (χ4n) is 20.1. The first kappa shape index (κ1) is 96.0. The second-order valence-corrected chi connectivity index (χ2v) is 36.8. The lowest BCUT2D eigenvalue weighted by atomic mass is 9.89. The summed E-state index contributed by atoms with van der Waals surface area (Å²) in [5.41, 5.74) is 9.64. The molecule has 13 aromatic rings. The van der Waals surface area contributed by atoms with E-state index in [4.69, 9.17) is 52.7 Å². The van der Waals surface area contributed by atoms with Crippen molar-refractivity contribution in [1.82, 2.24) is 103 Å². The molecule has 1 unspecified atom stereocenters. The number of hydrogen-bond acceptors (Lipinski definition) is 32. The molecular weight excluding hydrogens is 1810 g/mol. The standard InChI is InChI=1S/C26H31N7O4.C25H33N7O4.C23H27N7O4.C23H29N7O4/c1-27-19-11-18(31-33-21(12-29-25(19)33)26(34)30-17-6-7-22(17)35-2)16-13-32(24-15(16)5-4-9-28-24)20-8-10-37-14-23(20)36-3;1-26-19-13-22(28-18-5-4-12-31(25(18)34)15-6-8-16(35-2)9-7-15)30-32-20(14-27-23(19)32)24(33)29-17-10-11-21(17)36-3;1-24-16-8-19(26-15-4-3-7-29(23(15)32)20-12-10-34-11-13(12)20)28-30-17(9-25-21(16)30)22(31)27-14-5-6-18(14)33-2;1-24-17-11-20(26-16-5-4-8-29(23(16)32)13-9-14(10-13)33-2)28-30-18(12-25-21(17)30)22(31)27-15-6-7-19(15)34-3/h4-5,9,11-13,17,20,22-23,27H,6-8,10,14H2,1-3H3,(H,30,34);4-5,12-17,21,26H,6-11H2,1-3H3,(H,28,30)(H,29,33);3-4,7-9,12-14,18,20,24H,5-6,10-11H2,1-2H3,(H,26,28)(H,27,31);4-5,8,11-15,19,24H,6-7,9-10H2,1-3H3,(H,26,28)(H,27,31)/t17-,20-,22-,23-;15?,16?,17-,21-;12-,13+,14-,18-,20?;13?,14?,15-,19-/m0000/s1. The summed E-state index contributed by atoms with van der Waals surface area (Å²) >= 11 is 0. The monoisotopic (exact) mass is 1930 g/mol. The van der Waals surface area contributed by atoms with Crippen LogP contribution in [0.4, 0.5) is 57.3 Å². The zero-order valence-electron chi connectivity index (χ0n) is 80.5. The van der Waals surface area contributed by atoms with Crippen molar-refractivity contribution < 1.29 is 61.8 Å². The van der Waals surface area contributed by atoms with Crippen molar-refractivity contribution in [3.05, 3.63) is 182 Å². The van der Waals surface area contributed by atoms with Gasteiger partial charge in [-0.1, -0.05) is 0 Å². The van der Waals surface area contributed by atoms with Crippen LogP contribution in [0.5, 0.6) is 0 Å². The van der Waals surface area contributed by atoms with Gasteiger partial charge in [-0.2, -0.15) is 5.10 Å². The van der Waals surface area contributed by atoms with E-state index in [1.807, 2.05) is 55.8 Å². The molecule has 4 amide bonds. The normalized spacial score (nSPS) is 24.6. The first-order valence-corrected chi connectivity index (χ1v) is 48.0. The van der Waals surface area contributed by atoms with Crippen LogP contribution in [0.25, 0.3) is 44.9 Å². The van der Waals surface area contributed by atoms with Crippen LogP contribution in [0.3, 0.4) is 0 Å². The van der Waals surface area contributed by atoms with Crippen LogP contribution in [-0.4, -0.2) is 277 Å². The van der Waals surface area contributed by atoms with Gasteiger partial charge in [-0.25, -0.2) is 43.0 Å². The molecule has 13 aromatic heterocycles. The van der Waals surface area contributed by atoms with Crippen LogP contribution < -0.4 is 75.2 Å². The van der Waals surface area contributed by atoms with Gasteiger partial charge in [0.15, 0.2) is 62.8 Å². The number of anilines is 10. The van der Waals surface area contributed by atoms with Crippen molar-refractivity contribution in [2.75, 3.05) is 142 Å². The van der Waals surface area contributed by atoms with Gasteiger partial charge >= 0.3 is 0 Å². The number of ether oxygens (including phenoxy) is 9. The topological polar surface area (TPSA) is 488 Å². The van der Waals surface area contributed by atoms with E-state index < -0.39 is 0 Å². The average Bonchev–Trinajstić information content (AvgIpc) is 1.56. The molecule has 22 rings (SSSR count). The number of methoxy groups -OCH3 is 7. The molecule has 11 N–H and O–H groups in total. The molecule has 141 heavy (non-hydrogen) atoms. The number of pyridine rings is 4. The van der Waals surface area contributed by atoms with E-state index in [1.54, 1.807) is 144 Å². The SMILES string of the molecule is CNc1cc(-c2cn([C@H]3CCOC[C@@H]3OC)c3ncccc23)nn2c(C(=O)N[C@H]3CC[C@@H]3OC)cnc12.CNc1cc(Nc2cccn(C3CC(OC)C3)c2=O)nn2c(C(=O)N[C@H]3CC[C@@H]3OC)cnc12.CNc1cc(Nc2cccn(C3CCC(OC)CC3)c2=O)nn2c(C(=O)N[C@H]3CC[C@@H]3OC)cnc12.CNc1cc(Nc2cccn(C3[C@H]4COC[C@@H]34)c2=O)nn2c(C(=O)N[C@H]3CC[C@@H]3OC)cnc12. The molecule has 2 saturated heterocycles. The summed E-state index contributed by atoms with van der Waals surface area (Å²) in [5.74, 6) is 1.07. The number of hydrogen-bond donors (Lipinski definition) is 11. The summed E-state index contributed by atoms with van der Waals surface area (Å²) in [4.78, 5) is 114. The molecule has 15 heterocycles. The molecule has 7 aliphatic carbocycles. The molecule has 744 valence electrons. The summed E-state index contributed by atoms with van der Waals surface area (Å²) < 4.78 is 62.9. The number of amides is 4. The highest BCUT2D eigenvalue weighted by Gasteiger charge is 2.56. The minimum absolute atomic E-state index is 0.00717. The molecule has 9 aliphatic rings. The van der Waals surface area contributed by atoms with Gasteiger partial charge < -0.3 is 119 Å². The first-order chi connectivity index (χ1) is 68.7. The largest absolute Gasteiger partial charge is 0.385 e. The van der Waals surface area contributed by atoms with Crippen molar-refractivity contribution >= 4 is 115 Å². The highest BCUT2D eigenvalue weighted by Crippen LogP contribution is 2.54. The lowest BCUT2D eigenvalue weighted by Crippen LogP contribution is -2.51. The van der Waals surface area contributed by atoms with E-state index in [0.717, 1.165) is 119 Å². The van der Waals surface area contributed by atoms with Crippen molar-refractivity contribution in [2.24, 2.45) is 11.8 Å². The molecule has 9 fully saturated rings. The fourth-order valence-corrected chi connectivity index (χ4v) is 20.1. The van der Waals surface area contributed by atoms with Crippen LogP contribution >= 0.6 is 0 Å². The molecule has 0 radical (unpaired) electrons. The predicted octanol–water partition coefficient (Wildman–Crippen LogP) is 8.72. The van der Waals surface area contributed by atoms with Crippen LogP contribution in [0, 0.1) is 11.8 Å². The summed E-state index contributed by atoms with van der Waals surface area (Å²) in [6, 6.07) is 22.4. The van der Waals surface area contributed by atoms with Crippen molar-refractivity contribution in [1.29, 1.82) is 0 Å². The van der Waals surface area contributed by atoms with Crippen LogP contribution in [0.15, 0.2) is 143 Å². The Balaban J connectivity index is 0.000000120. The lowest BCUT2D eigenvalue weighted by molar-refractivity contribution is -0.0592. The number of imidazole rings is 4. The molecular formula is C97H120N28O16. The number of carbonyl (C=O) groups excluding carboxylic acids is 4. The highest BCUT2D eigenvalue weighted by molar-refractivity contribution is 5.98. The summed E-state index contributed by atoms with van der Waals surface area (Å²) in [6.07, 6.45) is 29.3. The van der Waals surface area contributed by atoms with Crippen LogP contribution in [0.2, 0.25) is 0 Å². The van der Waals surface area contributed by atoms with Crippen molar-refractivity contribution in [2.45, 2.75) is 187 Å². The van der Waals surface area contributed by atoms with Crippen LogP contribution in [0.1, 0.15) is 162 Å². The van der Waals surface area contributed by atoms with Gasteiger partial charge in [0.05, 0.1) is 140 Å². The zero-order chi connectivity index (χ0) is 98.0. The summed E-state index contributed by atoms with van der Waals surface area (Å²) in [6.45, 7) is 2.62. The maximum absolute atomic E-state index is 13.3. The maximum Gasteiger partial charge on any atom is 0.274 e. The third kappa shape index (κ3) is 19.2. The summed E-state index contributed by atoms with van der Waals surface area (Å²) in [5, 5.41) is 53.7. The van der Waals surface area contributed by atoms with E-state index in [2.05, 4.69) is 104 Å². The fraction of sp³-hybridized carbons (Fsp3) is 0.485. The number of nitrogens with one attached hydrogen (secondary N) is 11. The van der Waals surface area contributed by atoms with Crippen molar-refractivity contribution in [3.8, 4) is 11.3 Å². The van der Waals surface area contributed by atoms with E-state index in [0.29, 0.717) is 141 Å². The van der Waals surface area contributed by atoms with Gasteiger partial charge in [0.2, 0.25) is 0 Å². The molecule has 7 saturated carbocycles. The maximum atomic E-state index is 13.3. The van der Waals surface area contributed by atoms with E-state index in [-0.39, 0.29) is 131 Å².